The Bertz CT molecular complexity index is 555. The van der Waals surface area contributed by atoms with Gasteiger partial charge in [-0.05, 0) is 24.5 Å². The van der Waals surface area contributed by atoms with E-state index in [1.165, 1.54) is 6.07 Å². The van der Waals surface area contributed by atoms with Crippen molar-refractivity contribution in [1.82, 2.24) is 5.32 Å². The Hall–Kier alpha value is -1.95. The summed E-state index contributed by atoms with van der Waals surface area (Å²) in [6.45, 7) is 2.32. The van der Waals surface area contributed by atoms with Crippen LogP contribution in [-0.2, 0) is 20.7 Å². The molecule has 0 aromatic heterocycles. The van der Waals surface area contributed by atoms with E-state index in [-0.39, 0.29) is 31.2 Å². The molecule has 0 aliphatic carbocycles. The summed E-state index contributed by atoms with van der Waals surface area (Å²) in [5, 5.41) is 11.8. The van der Waals surface area contributed by atoms with E-state index >= 15 is 0 Å². The van der Waals surface area contributed by atoms with Crippen LogP contribution in [0.1, 0.15) is 25.3 Å². The Morgan fingerprint density at radius 1 is 1.45 bits per heavy atom. The second-order valence-electron chi connectivity index (χ2n) is 5.84. The molecule has 5 nitrogen and oxygen atoms in total. The van der Waals surface area contributed by atoms with Crippen LogP contribution in [0.4, 0.5) is 4.39 Å². The van der Waals surface area contributed by atoms with Gasteiger partial charge in [0, 0.05) is 12.5 Å². The first-order chi connectivity index (χ1) is 10.4. The lowest BCUT2D eigenvalue weighted by Gasteiger charge is -2.28. The second-order valence-corrected chi connectivity index (χ2v) is 5.84. The van der Waals surface area contributed by atoms with Crippen LogP contribution in [0.5, 0.6) is 0 Å². The van der Waals surface area contributed by atoms with Crippen molar-refractivity contribution in [3.8, 4) is 0 Å². The molecule has 1 fully saturated rings. The number of aliphatic carboxylic acids is 1. The molecule has 1 amide bonds. The van der Waals surface area contributed by atoms with Gasteiger partial charge >= 0.3 is 5.97 Å². The smallest absolute Gasteiger partial charge is 0.305 e. The van der Waals surface area contributed by atoms with Gasteiger partial charge in [0.15, 0.2) is 0 Å². The topological polar surface area (TPSA) is 75.6 Å². The molecule has 22 heavy (non-hydrogen) atoms. The SMILES string of the molecule is CC(Cc1ccccc1F)C(=O)NC1(CC(=O)O)CCOC1. The summed E-state index contributed by atoms with van der Waals surface area (Å²) in [5.41, 5.74) is -0.382. The molecule has 120 valence electrons. The number of nitrogens with one attached hydrogen (secondary N) is 1. The van der Waals surface area contributed by atoms with Gasteiger partial charge in [-0.25, -0.2) is 4.39 Å². The van der Waals surface area contributed by atoms with Gasteiger partial charge < -0.3 is 15.2 Å². The van der Waals surface area contributed by atoms with Crippen LogP contribution < -0.4 is 5.32 Å². The lowest BCUT2D eigenvalue weighted by Crippen LogP contribution is -2.52. The summed E-state index contributed by atoms with van der Waals surface area (Å²) in [6, 6.07) is 6.32. The molecule has 1 aromatic carbocycles. The Morgan fingerprint density at radius 2 is 2.18 bits per heavy atom. The number of amides is 1. The highest BCUT2D eigenvalue weighted by Crippen LogP contribution is 2.24. The van der Waals surface area contributed by atoms with E-state index in [1.54, 1.807) is 25.1 Å². The predicted molar refractivity (Wildman–Crippen MR) is 77.8 cm³/mol. The van der Waals surface area contributed by atoms with E-state index in [4.69, 9.17) is 9.84 Å². The standard InChI is InChI=1S/C16H20FNO4/c1-11(8-12-4-2-3-5-13(12)17)15(21)18-16(9-14(19)20)6-7-22-10-16/h2-5,11H,6-10H2,1H3,(H,18,21)(H,19,20). The fourth-order valence-corrected chi connectivity index (χ4v) is 2.65. The van der Waals surface area contributed by atoms with Gasteiger partial charge in [-0.2, -0.15) is 0 Å². The maximum atomic E-state index is 13.6. The van der Waals surface area contributed by atoms with Gasteiger partial charge in [0.1, 0.15) is 5.82 Å². The lowest BCUT2D eigenvalue weighted by atomic mass is 9.92. The quantitative estimate of drug-likeness (QED) is 0.839. The summed E-state index contributed by atoms with van der Waals surface area (Å²) in [7, 11) is 0. The number of benzene rings is 1. The van der Waals surface area contributed by atoms with Crippen LogP contribution in [0, 0.1) is 11.7 Å². The number of hydrogen-bond acceptors (Lipinski definition) is 3. The summed E-state index contributed by atoms with van der Waals surface area (Å²) in [6.07, 6.45) is 0.561. The summed E-state index contributed by atoms with van der Waals surface area (Å²) in [4.78, 5) is 23.3. The van der Waals surface area contributed by atoms with Gasteiger partial charge in [0.2, 0.25) is 5.91 Å². The molecule has 2 rings (SSSR count). The van der Waals surface area contributed by atoms with Crippen LogP contribution in [0.3, 0.4) is 0 Å². The zero-order valence-corrected chi connectivity index (χ0v) is 12.5. The number of hydrogen-bond donors (Lipinski definition) is 2. The number of carbonyl (C=O) groups is 2. The Morgan fingerprint density at radius 3 is 2.77 bits per heavy atom. The molecular weight excluding hydrogens is 289 g/mol. The molecular formula is C16H20FNO4. The van der Waals surface area contributed by atoms with E-state index in [0.717, 1.165) is 0 Å². The Balaban J connectivity index is 2.01. The van der Waals surface area contributed by atoms with Crippen LogP contribution in [0.25, 0.3) is 0 Å². The highest BCUT2D eigenvalue weighted by atomic mass is 19.1. The third-order valence-corrected chi connectivity index (χ3v) is 3.91. The van der Waals surface area contributed by atoms with E-state index in [9.17, 15) is 14.0 Å². The molecule has 0 spiro atoms. The molecule has 1 saturated heterocycles. The first-order valence-corrected chi connectivity index (χ1v) is 7.27. The van der Waals surface area contributed by atoms with Crippen LogP contribution in [-0.4, -0.2) is 35.7 Å². The molecule has 1 aromatic rings. The van der Waals surface area contributed by atoms with E-state index in [1.807, 2.05) is 0 Å². The molecule has 6 heteroatoms. The van der Waals surface area contributed by atoms with E-state index in [0.29, 0.717) is 18.6 Å². The minimum Gasteiger partial charge on any atom is -0.481 e. The molecule has 2 N–H and O–H groups in total. The van der Waals surface area contributed by atoms with Crippen molar-refractivity contribution in [3.05, 3.63) is 35.6 Å². The monoisotopic (exact) mass is 309 g/mol. The van der Waals surface area contributed by atoms with Crippen molar-refractivity contribution in [2.75, 3.05) is 13.2 Å². The molecule has 2 unspecified atom stereocenters. The highest BCUT2D eigenvalue weighted by molar-refractivity contribution is 5.80. The average molecular weight is 309 g/mol. The van der Waals surface area contributed by atoms with Crippen molar-refractivity contribution < 1.29 is 23.8 Å². The van der Waals surface area contributed by atoms with Gasteiger partial charge in [-0.1, -0.05) is 25.1 Å². The maximum absolute atomic E-state index is 13.6. The number of halogens is 1. The summed E-state index contributed by atoms with van der Waals surface area (Å²) < 4.78 is 18.9. The maximum Gasteiger partial charge on any atom is 0.305 e. The first-order valence-electron chi connectivity index (χ1n) is 7.27. The molecule has 0 bridgehead atoms. The van der Waals surface area contributed by atoms with Crippen molar-refractivity contribution >= 4 is 11.9 Å². The number of carboxylic acids is 1. The van der Waals surface area contributed by atoms with Gasteiger partial charge in [0.05, 0.1) is 18.6 Å². The zero-order chi connectivity index (χ0) is 16.2. The molecule has 0 saturated carbocycles. The molecule has 1 aliphatic rings. The molecule has 1 heterocycles. The first kappa shape index (κ1) is 16.4. The number of carbonyl (C=O) groups excluding carboxylic acids is 1. The lowest BCUT2D eigenvalue weighted by molar-refractivity contribution is -0.139. The minimum absolute atomic E-state index is 0.175. The van der Waals surface area contributed by atoms with Gasteiger partial charge in [-0.3, -0.25) is 9.59 Å². The molecule has 2 atom stereocenters. The normalized spacial score (nSPS) is 22.3. The number of ether oxygens (including phenoxy) is 1. The van der Waals surface area contributed by atoms with Gasteiger partial charge in [0.25, 0.3) is 0 Å². The molecule has 0 radical (unpaired) electrons. The van der Waals surface area contributed by atoms with E-state index < -0.39 is 17.4 Å². The average Bonchev–Trinajstić information content (AvgIpc) is 2.88. The number of rotatable bonds is 6. The predicted octanol–water partition coefficient (Wildman–Crippen LogP) is 1.75. The Labute approximate surface area is 128 Å². The summed E-state index contributed by atoms with van der Waals surface area (Å²) in [5.74, 6) is -2.06. The van der Waals surface area contributed by atoms with Crippen molar-refractivity contribution in [2.45, 2.75) is 31.7 Å². The van der Waals surface area contributed by atoms with Crippen molar-refractivity contribution in [3.63, 3.8) is 0 Å². The van der Waals surface area contributed by atoms with Crippen molar-refractivity contribution in [1.29, 1.82) is 0 Å². The van der Waals surface area contributed by atoms with Crippen molar-refractivity contribution in [2.24, 2.45) is 5.92 Å². The van der Waals surface area contributed by atoms with Gasteiger partial charge in [-0.15, -0.1) is 0 Å². The molecule has 1 aliphatic heterocycles. The third-order valence-electron chi connectivity index (χ3n) is 3.91. The highest BCUT2D eigenvalue weighted by Gasteiger charge is 2.39. The summed E-state index contributed by atoms with van der Waals surface area (Å²) >= 11 is 0. The van der Waals surface area contributed by atoms with Crippen LogP contribution in [0.2, 0.25) is 0 Å². The largest absolute Gasteiger partial charge is 0.481 e. The Kier molecular flexibility index (Phi) is 5.13. The second kappa shape index (κ2) is 6.87. The van der Waals surface area contributed by atoms with Crippen LogP contribution >= 0.6 is 0 Å². The minimum atomic E-state index is -0.979. The zero-order valence-electron chi connectivity index (χ0n) is 12.5. The fraction of sp³-hybridized carbons (Fsp3) is 0.500. The van der Waals surface area contributed by atoms with E-state index in [2.05, 4.69) is 5.32 Å². The van der Waals surface area contributed by atoms with Crippen LogP contribution in [0.15, 0.2) is 24.3 Å². The number of carboxylic acid groups (broad SMARTS) is 1. The third kappa shape index (κ3) is 4.04. The fourth-order valence-electron chi connectivity index (χ4n) is 2.65.